The smallest absolute Gasteiger partial charge is 0.268 e. The molecule has 4 nitrogen and oxygen atoms in total. The van der Waals surface area contributed by atoms with Crippen LogP contribution in [0.2, 0.25) is 0 Å². The van der Waals surface area contributed by atoms with E-state index in [0.29, 0.717) is 23.6 Å². The van der Waals surface area contributed by atoms with Crippen molar-refractivity contribution in [1.29, 1.82) is 0 Å². The Morgan fingerprint density at radius 2 is 1.52 bits per heavy atom. The normalized spacial score (nSPS) is 11.6. The topological polar surface area (TPSA) is 48.3 Å². The molecule has 136 valence electrons. The Morgan fingerprint density at radius 3 is 2.22 bits per heavy atom. The molecule has 1 heterocycles. The fraction of sp³-hybridized carbons (Fsp3) is 0.0909. The summed E-state index contributed by atoms with van der Waals surface area (Å²) in [5.74, 6) is 0.709. The maximum Gasteiger partial charge on any atom is 0.268 e. The Labute approximate surface area is 158 Å². The number of rotatable bonds is 5. The van der Waals surface area contributed by atoms with Gasteiger partial charge in [0.2, 0.25) is 0 Å². The summed E-state index contributed by atoms with van der Waals surface area (Å²) in [6, 6.07) is 25.7. The number of aromatic nitrogens is 1. The summed E-state index contributed by atoms with van der Waals surface area (Å²) in [5.41, 5.74) is 2.38. The van der Waals surface area contributed by atoms with Crippen LogP contribution >= 0.6 is 0 Å². The van der Waals surface area contributed by atoms with Crippen LogP contribution in [0.5, 0.6) is 5.75 Å². The van der Waals surface area contributed by atoms with Crippen LogP contribution < -0.4 is 4.74 Å². The van der Waals surface area contributed by atoms with E-state index in [1.54, 1.807) is 43.3 Å². The summed E-state index contributed by atoms with van der Waals surface area (Å²) in [7, 11) is -3.65. The first-order valence-electron chi connectivity index (χ1n) is 8.65. The summed E-state index contributed by atoms with van der Waals surface area (Å²) in [5, 5.41) is 0.831. The van der Waals surface area contributed by atoms with E-state index in [4.69, 9.17) is 4.74 Å². The van der Waals surface area contributed by atoms with Crippen molar-refractivity contribution in [2.24, 2.45) is 0 Å². The van der Waals surface area contributed by atoms with E-state index in [2.05, 4.69) is 0 Å². The van der Waals surface area contributed by atoms with E-state index < -0.39 is 10.0 Å². The minimum atomic E-state index is -3.65. The van der Waals surface area contributed by atoms with Gasteiger partial charge < -0.3 is 4.74 Å². The molecular formula is C22H19NO3S. The molecule has 0 atom stereocenters. The lowest BCUT2D eigenvalue weighted by molar-refractivity contribution is 0.306. The highest BCUT2D eigenvalue weighted by molar-refractivity contribution is 7.90. The number of nitrogens with zero attached hydrogens (tertiary/aromatic N) is 1. The Morgan fingerprint density at radius 1 is 0.852 bits per heavy atom. The summed E-state index contributed by atoms with van der Waals surface area (Å²) in [4.78, 5) is 0.273. The molecule has 0 amide bonds. The molecule has 0 aliphatic heterocycles. The number of ether oxygens (including phenoxy) is 1. The molecule has 4 rings (SSSR count). The second-order valence-corrected chi connectivity index (χ2v) is 8.15. The van der Waals surface area contributed by atoms with Crippen molar-refractivity contribution in [3.63, 3.8) is 0 Å². The molecular weight excluding hydrogens is 358 g/mol. The van der Waals surface area contributed by atoms with E-state index in [-0.39, 0.29) is 4.90 Å². The van der Waals surface area contributed by atoms with Crippen molar-refractivity contribution in [2.75, 3.05) is 0 Å². The molecule has 1 aromatic heterocycles. The van der Waals surface area contributed by atoms with Crippen LogP contribution in [0.4, 0.5) is 0 Å². The molecule has 0 radical (unpaired) electrons. The standard InChI is InChI=1S/C22H19NO3S/c1-17-14-19-15-20(26-16-18-8-4-2-5-9-18)12-13-22(19)23(17)27(24,25)21-10-6-3-7-11-21/h2-15H,16H2,1H3. The van der Waals surface area contributed by atoms with Gasteiger partial charge in [0.15, 0.2) is 0 Å². The molecule has 3 aromatic carbocycles. The number of fused-ring (bicyclic) bond motifs is 1. The highest BCUT2D eigenvalue weighted by Gasteiger charge is 2.21. The molecule has 0 spiro atoms. The third kappa shape index (κ3) is 3.34. The Kier molecular flexibility index (Phi) is 4.46. The number of benzene rings is 3. The maximum absolute atomic E-state index is 13.1. The second kappa shape index (κ2) is 6.93. The molecule has 4 aromatic rings. The number of hydrogen-bond donors (Lipinski definition) is 0. The van der Waals surface area contributed by atoms with E-state index in [1.165, 1.54) is 3.97 Å². The van der Waals surface area contributed by atoms with E-state index in [0.717, 1.165) is 10.9 Å². The van der Waals surface area contributed by atoms with Gasteiger partial charge >= 0.3 is 0 Å². The van der Waals surface area contributed by atoms with Crippen LogP contribution in [-0.4, -0.2) is 12.4 Å². The monoisotopic (exact) mass is 377 g/mol. The predicted octanol–water partition coefficient (Wildman–Crippen LogP) is 4.77. The molecule has 0 fully saturated rings. The van der Waals surface area contributed by atoms with Gasteiger partial charge in [0.1, 0.15) is 12.4 Å². The van der Waals surface area contributed by atoms with Crippen LogP contribution in [0.1, 0.15) is 11.3 Å². The van der Waals surface area contributed by atoms with Crippen LogP contribution in [0.3, 0.4) is 0 Å². The van der Waals surface area contributed by atoms with Crippen molar-refractivity contribution in [2.45, 2.75) is 18.4 Å². The molecule has 27 heavy (non-hydrogen) atoms. The molecule has 0 aliphatic carbocycles. The Hall–Kier alpha value is -3.05. The van der Waals surface area contributed by atoms with E-state index in [9.17, 15) is 8.42 Å². The lowest BCUT2D eigenvalue weighted by Crippen LogP contribution is -2.14. The highest BCUT2D eigenvalue weighted by Crippen LogP contribution is 2.28. The zero-order valence-electron chi connectivity index (χ0n) is 14.9. The van der Waals surface area contributed by atoms with Gasteiger partial charge in [0, 0.05) is 11.1 Å². The zero-order chi connectivity index (χ0) is 18.9. The third-order valence-electron chi connectivity index (χ3n) is 4.43. The van der Waals surface area contributed by atoms with E-state index >= 15 is 0 Å². The SMILES string of the molecule is Cc1cc2cc(OCc3ccccc3)ccc2n1S(=O)(=O)c1ccccc1. The summed E-state index contributed by atoms with van der Waals surface area (Å²) < 4.78 is 33.4. The lowest BCUT2D eigenvalue weighted by Gasteiger charge is -2.10. The van der Waals surface area contributed by atoms with Gasteiger partial charge in [-0.3, -0.25) is 0 Å². The molecule has 0 bridgehead atoms. The average Bonchev–Trinajstić information content (AvgIpc) is 3.03. The van der Waals surface area contributed by atoms with Crippen LogP contribution in [-0.2, 0) is 16.6 Å². The van der Waals surface area contributed by atoms with Gasteiger partial charge in [0.25, 0.3) is 10.0 Å². The summed E-state index contributed by atoms with van der Waals surface area (Å²) in [6.07, 6.45) is 0. The van der Waals surface area contributed by atoms with Crippen molar-refractivity contribution in [1.82, 2.24) is 3.97 Å². The molecule has 0 unspecified atom stereocenters. The summed E-state index contributed by atoms with van der Waals surface area (Å²) >= 11 is 0. The van der Waals surface area contributed by atoms with Crippen LogP contribution in [0.15, 0.2) is 89.8 Å². The Bertz CT molecular complexity index is 1180. The van der Waals surface area contributed by atoms with Crippen molar-refractivity contribution >= 4 is 20.9 Å². The van der Waals surface area contributed by atoms with Crippen LogP contribution in [0.25, 0.3) is 10.9 Å². The average molecular weight is 377 g/mol. The van der Waals surface area contributed by atoms with E-state index in [1.807, 2.05) is 48.5 Å². The number of aryl methyl sites for hydroxylation is 1. The molecule has 0 saturated carbocycles. The minimum absolute atomic E-state index is 0.273. The largest absolute Gasteiger partial charge is 0.489 e. The predicted molar refractivity (Wildman–Crippen MR) is 106 cm³/mol. The van der Waals surface area contributed by atoms with Crippen molar-refractivity contribution in [3.05, 3.63) is 96.2 Å². The fourth-order valence-corrected chi connectivity index (χ4v) is 4.72. The molecule has 0 N–H and O–H groups in total. The first-order valence-corrected chi connectivity index (χ1v) is 10.1. The van der Waals surface area contributed by atoms with Gasteiger partial charge in [-0.1, -0.05) is 48.5 Å². The van der Waals surface area contributed by atoms with Crippen molar-refractivity contribution in [3.8, 4) is 5.75 Å². The molecule has 0 aliphatic rings. The fourth-order valence-electron chi connectivity index (χ4n) is 3.15. The summed E-state index contributed by atoms with van der Waals surface area (Å²) in [6.45, 7) is 2.26. The molecule has 5 heteroatoms. The first kappa shape index (κ1) is 17.4. The minimum Gasteiger partial charge on any atom is -0.489 e. The van der Waals surface area contributed by atoms with Gasteiger partial charge in [0.05, 0.1) is 10.4 Å². The second-order valence-electron chi connectivity index (χ2n) is 6.36. The lowest BCUT2D eigenvalue weighted by atomic mass is 10.2. The Balaban J connectivity index is 1.69. The zero-order valence-corrected chi connectivity index (χ0v) is 15.7. The highest BCUT2D eigenvalue weighted by atomic mass is 32.2. The van der Waals surface area contributed by atoms with Gasteiger partial charge in [-0.25, -0.2) is 12.4 Å². The van der Waals surface area contributed by atoms with Crippen LogP contribution in [0, 0.1) is 6.92 Å². The van der Waals surface area contributed by atoms with Gasteiger partial charge in [-0.15, -0.1) is 0 Å². The maximum atomic E-state index is 13.1. The molecule has 0 saturated heterocycles. The van der Waals surface area contributed by atoms with Crippen molar-refractivity contribution < 1.29 is 13.2 Å². The number of hydrogen-bond acceptors (Lipinski definition) is 3. The quantitative estimate of drug-likeness (QED) is 0.503. The first-order chi connectivity index (χ1) is 13.1. The third-order valence-corrected chi connectivity index (χ3v) is 6.27. The van der Waals surface area contributed by atoms with Gasteiger partial charge in [-0.05, 0) is 48.9 Å². The van der Waals surface area contributed by atoms with Gasteiger partial charge in [-0.2, -0.15) is 0 Å².